The maximum Gasteiger partial charge on any atom is 0.393 e. The molecular weight excluding hydrogens is 225 g/mol. The minimum Gasteiger partial charge on any atom is -0.396 e. The molecule has 0 bridgehead atoms. The summed E-state index contributed by atoms with van der Waals surface area (Å²) in [6, 6.07) is 1.48. The Kier molecular flexibility index (Phi) is 2.30. The summed E-state index contributed by atoms with van der Waals surface area (Å²) < 4.78 is 37.1. The van der Waals surface area contributed by atoms with Gasteiger partial charge >= 0.3 is 6.18 Å². The highest BCUT2D eigenvalue weighted by Crippen LogP contribution is 2.33. The van der Waals surface area contributed by atoms with Crippen molar-refractivity contribution >= 4 is 27.1 Å². The molecule has 0 saturated carbocycles. The summed E-state index contributed by atoms with van der Waals surface area (Å²) in [5.41, 5.74) is 6.02. The van der Waals surface area contributed by atoms with E-state index >= 15 is 0 Å². The van der Waals surface area contributed by atoms with Gasteiger partial charge < -0.3 is 5.73 Å². The largest absolute Gasteiger partial charge is 0.396 e. The number of aromatic nitrogens is 1. The van der Waals surface area contributed by atoms with Gasteiger partial charge in [0.15, 0.2) is 0 Å². The molecule has 0 unspecified atom stereocenters. The van der Waals surface area contributed by atoms with E-state index in [1.807, 2.05) is 0 Å². The van der Waals surface area contributed by atoms with Gasteiger partial charge in [0.1, 0.15) is 0 Å². The minimum atomic E-state index is -4.18. The average Bonchev–Trinajstić information content (AvgIpc) is 2.45. The number of hydrogen-bond donors (Lipinski definition) is 1. The molecule has 2 heterocycles. The molecule has 6 heteroatoms. The summed E-state index contributed by atoms with van der Waals surface area (Å²) >= 11 is 1.07. The van der Waals surface area contributed by atoms with Crippen LogP contribution in [-0.2, 0) is 6.42 Å². The number of hydrogen-bond acceptors (Lipinski definition) is 3. The predicted molar refractivity (Wildman–Crippen MR) is 53.8 cm³/mol. The zero-order valence-electron chi connectivity index (χ0n) is 7.51. The number of pyridine rings is 1. The van der Waals surface area contributed by atoms with E-state index in [9.17, 15) is 13.2 Å². The molecule has 0 aromatic carbocycles. The Morgan fingerprint density at radius 3 is 2.67 bits per heavy atom. The van der Waals surface area contributed by atoms with Crippen molar-refractivity contribution in [1.29, 1.82) is 0 Å². The molecule has 0 saturated heterocycles. The minimum absolute atomic E-state index is 0.261. The molecule has 80 valence electrons. The number of nitrogen functional groups attached to an aromatic ring is 1. The molecule has 0 aliphatic rings. The van der Waals surface area contributed by atoms with Gasteiger partial charge in [0.25, 0.3) is 0 Å². The van der Waals surface area contributed by atoms with Gasteiger partial charge in [-0.2, -0.15) is 13.2 Å². The second-order valence-electron chi connectivity index (χ2n) is 3.15. The maximum atomic E-state index is 12.1. The van der Waals surface area contributed by atoms with Crippen LogP contribution >= 0.6 is 11.3 Å². The highest BCUT2D eigenvalue weighted by Gasteiger charge is 2.28. The zero-order valence-corrected chi connectivity index (χ0v) is 8.32. The van der Waals surface area contributed by atoms with Crippen molar-refractivity contribution in [2.75, 3.05) is 5.73 Å². The van der Waals surface area contributed by atoms with E-state index in [1.54, 1.807) is 0 Å². The first-order valence-electron chi connectivity index (χ1n) is 4.14. The Morgan fingerprint density at radius 2 is 2.07 bits per heavy atom. The number of anilines is 1. The molecule has 0 aliphatic heterocycles. The van der Waals surface area contributed by atoms with Crippen LogP contribution in [0, 0.1) is 0 Å². The summed E-state index contributed by atoms with van der Waals surface area (Å²) in [5, 5.41) is 0.666. The van der Waals surface area contributed by atoms with Gasteiger partial charge in [-0.1, -0.05) is 0 Å². The second kappa shape index (κ2) is 3.37. The molecule has 2 rings (SSSR count). The van der Waals surface area contributed by atoms with E-state index in [0.717, 1.165) is 11.3 Å². The van der Waals surface area contributed by atoms with Crippen molar-refractivity contribution in [3.05, 3.63) is 23.3 Å². The second-order valence-corrected chi connectivity index (χ2v) is 4.29. The quantitative estimate of drug-likeness (QED) is 0.820. The monoisotopic (exact) mass is 232 g/mol. The molecule has 0 fully saturated rings. The fourth-order valence-electron chi connectivity index (χ4n) is 1.32. The van der Waals surface area contributed by atoms with Gasteiger partial charge in [0, 0.05) is 16.5 Å². The summed E-state index contributed by atoms with van der Waals surface area (Å²) in [6.45, 7) is 0. The molecule has 0 amide bonds. The third kappa shape index (κ3) is 2.20. The van der Waals surface area contributed by atoms with Crippen LogP contribution in [0.15, 0.2) is 18.5 Å². The van der Waals surface area contributed by atoms with Gasteiger partial charge in [0.05, 0.1) is 23.0 Å². The number of alkyl halides is 3. The summed E-state index contributed by atoms with van der Waals surface area (Å²) in [4.78, 5) is 4.08. The van der Waals surface area contributed by atoms with E-state index in [-0.39, 0.29) is 4.88 Å². The van der Waals surface area contributed by atoms with E-state index < -0.39 is 12.6 Å². The fraction of sp³-hybridized carbons (Fsp3) is 0.222. The van der Waals surface area contributed by atoms with Crippen LogP contribution < -0.4 is 5.73 Å². The molecule has 0 radical (unpaired) electrons. The summed E-state index contributed by atoms with van der Waals surface area (Å²) in [5.74, 6) is 0. The summed E-state index contributed by atoms with van der Waals surface area (Å²) in [7, 11) is 0. The Morgan fingerprint density at radius 1 is 1.33 bits per heavy atom. The number of nitrogens with zero attached hydrogens (tertiary/aromatic N) is 1. The molecule has 0 spiro atoms. The zero-order chi connectivity index (χ0) is 11.1. The standard InChI is InChI=1S/C9H7F3N2S/c10-9(11,12)2-6-1-5-3-14-4-7(13)8(5)15-6/h1,3-4H,2,13H2. The van der Waals surface area contributed by atoms with E-state index in [2.05, 4.69) is 4.98 Å². The van der Waals surface area contributed by atoms with Crippen LogP contribution in [0.2, 0.25) is 0 Å². The van der Waals surface area contributed by atoms with Crippen LogP contribution in [0.5, 0.6) is 0 Å². The lowest BCUT2D eigenvalue weighted by molar-refractivity contribution is -0.126. The van der Waals surface area contributed by atoms with Crippen molar-refractivity contribution in [3.63, 3.8) is 0 Å². The van der Waals surface area contributed by atoms with Gasteiger partial charge in [-0.3, -0.25) is 4.98 Å². The van der Waals surface area contributed by atoms with Crippen molar-refractivity contribution < 1.29 is 13.2 Å². The van der Waals surface area contributed by atoms with Crippen LogP contribution in [0.4, 0.5) is 18.9 Å². The molecule has 2 aromatic rings. The van der Waals surface area contributed by atoms with Gasteiger partial charge in [-0.25, -0.2) is 0 Å². The molecule has 0 atom stereocenters. The van der Waals surface area contributed by atoms with Crippen LogP contribution in [0.3, 0.4) is 0 Å². The Labute approximate surface area is 87.5 Å². The van der Waals surface area contributed by atoms with Crippen molar-refractivity contribution in [3.8, 4) is 0 Å². The maximum absolute atomic E-state index is 12.1. The first-order valence-corrected chi connectivity index (χ1v) is 4.96. The molecule has 15 heavy (non-hydrogen) atoms. The molecule has 2 N–H and O–H groups in total. The molecule has 2 aromatic heterocycles. The fourth-order valence-corrected chi connectivity index (χ4v) is 2.41. The van der Waals surface area contributed by atoms with Crippen molar-refractivity contribution in [2.24, 2.45) is 0 Å². The van der Waals surface area contributed by atoms with Crippen LogP contribution in [0.25, 0.3) is 10.1 Å². The smallest absolute Gasteiger partial charge is 0.393 e. The lowest BCUT2D eigenvalue weighted by Gasteiger charge is -2.01. The molecular formula is C9H7F3N2S. The van der Waals surface area contributed by atoms with Crippen LogP contribution in [0.1, 0.15) is 4.88 Å². The normalized spacial score (nSPS) is 12.2. The Balaban J connectivity index is 2.44. The third-order valence-corrected chi connectivity index (χ3v) is 3.08. The lowest BCUT2D eigenvalue weighted by Crippen LogP contribution is -2.09. The molecule has 2 nitrogen and oxygen atoms in total. The van der Waals surface area contributed by atoms with Crippen molar-refractivity contribution in [2.45, 2.75) is 12.6 Å². The first kappa shape index (κ1) is 10.2. The number of rotatable bonds is 1. The predicted octanol–water partition coefficient (Wildman–Crippen LogP) is 2.98. The van der Waals surface area contributed by atoms with Crippen molar-refractivity contribution in [1.82, 2.24) is 4.98 Å². The van der Waals surface area contributed by atoms with Gasteiger partial charge in [-0.15, -0.1) is 11.3 Å². The number of fused-ring (bicyclic) bond motifs is 1. The van der Waals surface area contributed by atoms with E-state index in [4.69, 9.17) is 5.73 Å². The summed E-state index contributed by atoms with van der Waals surface area (Å²) in [6.07, 6.45) is -2.13. The molecule has 0 aliphatic carbocycles. The lowest BCUT2D eigenvalue weighted by atomic mass is 10.2. The number of nitrogens with two attached hydrogens (primary N) is 1. The topological polar surface area (TPSA) is 38.9 Å². The van der Waals surface area contributed by atoms with Gasteiger partial charge in [-0.05, 0) is 6.07 Å². The number of thiophene rings is 1. The average molecular weight is 232 g/mol. The van der Waals surface area contributed by atoms with Crippen LogP contribution in [-0.4, -0.2) is 11.2 Å². The third-order valence-electron chi connectivity index (χ3n) is 1.88. The van der Waals surface area contributed by atoms with E-state index in [1.165, 1.54) is 18.5 Å². The first-order chi connectivity index (χ1) is 6.96. The SMILES string of the molecule is Nc1cncc2cc(CC(F)(F)F)sc12. The van der Waals surface area contributed by atoms with Gasteiger partial charge in [0.2, 0.25) is 0 Å². The Bertz CT molecular complexity index is 490. The highest BCUT2D eigenvalue weighted by molar-refractivity contribution is 7.19. The Hall–Kier alpha value is -1.30. The highest BCUT2D eigenvalue weighted by atomic mass is 32.1. The van der Waals surface area contributed by atoms with E-state index in [0.29, 0.717) is 15.8 Å². The number of halogens is 3.